The lowest BCUT2D eigenvalue weighted by Gasteiger charge is -2.09. The molecule has 0 aliphatic carbocycles. The molecular weight excluding hydrogens is 257 g/mol. The number of nitrogens with two attached hydrogens (primary N) is 1. The highest BCUT2D eigenvalue weighted by Gasteiger charge is 2.30. The highest BCUT2D eigenvalue weighted by atomic mass is 19.4. The van der Waals surface area contributed by atoms with Gasteiger partial charge in [-0.2, -0.15) is 13.2 Å². The molecule has 0 unspecified atom stereocenters. The van der Waals surface area contributed by atoms with Gasteiger partial charge in [-0.25, -0.2) is 0 Å². The van der Waals surface area contributed by atoms with E-state index >= 15 is 0 Å². The third kappa shape index (κ3) is 2.85. The van der Waals surface area contributed by atoms with Gasteiger partial charge in [0.05, 0.1) is 11.3 Å². The van der Waals surface area contributed by atoms with Crippen molar-refractivity contribution < 1.29 is 18.3 Å². The lowest BCUT2D eigenvalue weighted by atomic mass is 10.1. The van der Waals surface area contributed by atoms with Gasteiger partial charge < -0.3 is 10.8 Å². The Hall–Kier alpha value is -2.08. The molecule has 0 bridgehead atoms. The lowest BCUT2D eigenvalue weighted by molar-refractivity contribution is -0.137. The van der Waals surface area contributed by atoms with Gasteiger partial charge >= 0.3 is 6.18 Å². The highest BCUT2D eigenvalue weighted by molar-refractivity contribution is 5.67. The summed E-state index contributed by atoms with van der Waals surface area (Å²) >= 11 is 0. The maximum atomic E-state index is 12.4. The first-order valence-electron chi connectivity index (χ1n) is 5.47. The van der Waals surface area contributed by atoms with E-state index in [0.29, 0.717) is 5.56 Å². The first kappa shape index (κ1) is 13.4. The monoisotopic (exact) mass is 268 g/mol. The number of rotatable bonds is 2. The predicted octanol–water partition coefficient (Wildman–Crippen LogP) is 2.93. The number of nitrogens with zero attached hydrogens (tertiary/aromatic N) is 1. The molecule has 6 heteroatoms. The Bertz CT molecular complexity index is 579. The van der Waals surface area contributed by atoms with Crippen LogP contribution < -0.4 is 5.73 Å². The van der Waals surface area contributed by atoms with Crippen LogP contribution in [0.5, 0.6) is 5.75 Å². The van der Waals surface area contributed by atoms with Crippen LogP contribution in [0.4, 0.5) is 13.2 Å². The molecule has 3 N–H and O–H groups in total. The SMILES string of the molecule is NCc1ccc(O)c(-c2ccc(C(F)(F)F)cn2)c1. The fraction of sp³-hybridized carbons (Fsp3) is 0.154. The van der Waals surface area contributed by atoms with E-state index in [1.165, 1.54) is 12.1 Å². The minimum absolute atomic E-state index is 0.0514. The maximum absolute atomic E-state index is 12.4. The third-order valence-corrected chi connectivity index (χ3v) is 2.66. The van der Waals surface area contributed by atoms with Crippen LogP contribution in [0.1, 0.15) is 11.1 Å². The van der Waals surface area contributed by atoms with Crippen molar-refractivity contribution in [3.8, 4) is 17.0 Å². The number of benzene rings is 1. The average molecular weight is 268 g/mol. The largest absolute Gasteiger partial charge is 0.507 e. The van der Waals surface area contributed by atoms with Crippen molar-refractivity contribution in [2.24, 2.45) is 5.73 Å². The Labute approximate surface area is 107 Å². The van der Waals surface area contributed by atoms with Crippen molar-refractivity contribution in [2.75, 3.05) is 0 Å². The van der Waals surface area contributed by atoms with Gasteiger partial charge in [0.2, 0.25) is 0 Å². The van der Waals surface area contributed by atoms with Crippen LogP contribution in [0.3, 0.4) is 0 Å². The van der Waals surface area contributed by atoms with Gasteiger partial charge in [-0.15, -0.1) is 0 Å². The first-order chi connectivity index (χ1) is 8.91. The van der Waals surface area contributed by atoms with Gasteiger partial charge in [-0.3, -0.25) is 4.98 Å². The second-order valence-electron chi connectivity index (χ2n) is 3.99. The Balaban J connectivity index is 2.42. The maximum Gasteiger partial charge on any atom is 0.417 e. The number of aromatic nitrogens is 1. The zero-order valence-electron chi connectivity index (χ0n) is 9.78. The second kappa shape index (κ2) is 4.89. The highest BCUT2D eigenvalue weighted by Crippen LogP contribution is 2.32. The van der Waals surface area contributed by atoms with Crippen molar-refractivity contribution in [2.45, 2.75) is 12.7 Å². The van der Waals surface area contributed by atoms with E-state index in [2.05, 4.69) is 4.98 Å². The molecule has 0 radical (unpaired) electrons. The van der Waals surface area contributed by atoms with E-state index in [-0.39, 0.29) is 18.0 Å². The summed E-state index contributed by atoms with van der Waals surface area (Å²) in [6, 6.07) is 6.83. The summed E-state index contributed by atoms with van der Waals surface area (Å²) < 4.78 is 37.2. The van der Waals surface area contributed by atoms with Crippen LogP contribution in [0, 0.1) is 0 Å². The smallest absolute Gasteiger partial charge is 0.417 e. The number of alkyl halides is 3. The molecule has 3 nitrogen and oxygen atoms in total. The molecule has 2 rings (SSSR count). The molecule has 0 fully saturated rings. The van der Waals surface area contributed by atoms with Crippen LogP contribution in [0.2, 0.25) is 0 Å². The standard InChI is InChI=1S/C13H11F3N2O/c14-13(15,16)9-2-3-11(18-7-9)10-5-8(6-17)1-4-12(10)19/h1-5,7,19H,6,17H2. The Kier molecular flexibility index (Phi) is 3.44. The molecule has 0 atom stereocenters. The molecule has 19 heavy (non-hydrogen) atoms. The van der Waals surface area contributed by atoms with E-state index in [0.717, 1.165) is 17.8 Å². The van der Waals surface area contributed by atoms with Gasteiger partial charge in [0.25, 0.3) is 0 Å². The summed E-state index contributed by atoms with van der Waals surface area (Å²) in [5.74, 6) is -0.0514. The molecule has 100 valence electrons. The zero-order valence-corrected chi connectivity index (χ0v) is 9.78. The summed E-state index contributed by atoms with van der Waals surface area (Å²) in [7, 11) is 0. The molecule has 2 aromatic rings. The Morgan fingerprint density at radius 2 is 1.89 bits per heavy atom. The molecule has 0 spiro atoms. The van der Waals surface area contributed by atoms with Gasteiger partial charge in [0.1, 0.15) is 5.75 Å². The summed E-state index contributed by atoms with van der Waals surface area (Å²) in [6.07, 6.45) is -3.68. The molecule has 1 aromatic heterocycles. The summed E-state index contributed by atoms with van der Waals surface area (Å²) in [5, 5.41) is 9.71. The van der Waals surface area contributed by atoms with Crippen molar-refractivity contribution in [1.29, 1.82) is 0 Å². The molecule has 0 saturated carbocycles. The van der Waals surface area contributed by atoms with Crippen molar-refractivity contribution in [3.63, 3.8) is 0 Å². The fourth-order valence-electron chi connectivity index (χ4n) is 1.64. The van der Waals surface area contributed by atoms with Gasteiger partial charge in [0.15, 0.2) is 0 Å². The Morgan fingerprint density at radius 1 is 1.16 bits per heavy atom. The number of aromatic hydroxyl groups is 1. The van der Waals surface area contributed by atoms with E-state index in [9.17, 15) is 18.3 Å². The van der Waals surface area contributed by atoms with Crippen LogP contribution in [0.15, 0.2) is 36.5 Å². The number of phenols is 1. The first-order valence-corrected chi connectivity index (χ1v) is 5.47. The van der Waals surface area contributed by atoms with Crippen molar-refractivity contribution >= 4 is 0 Å². The Morgan fingerprint density at radius 3 is 2.42 bits per heavy atom. The number of hydrogen-bond acceptors (Lipinski definition) is 3. The number of pyridine rings is 1. The number of halogens is 3. The average Bonchev–Trinajstić information content (AvgIpc) is 2.38. The quantitative estimate of drug-likeness (QED) is 0.880. The van der Waals surface area contributed by atoms with Crippen LogP contribution in [-0.2, 0) is 12.7 Å². The van der Waals surface area contributed by atoms with E-state index in [4.69, 9.17) is 5.73 Å². The second-order valence-corrected chi connectivity index (χ2v) is 3.99. The fourth-order valence-corrected chi connectivity index (χ4v) is 1.64. The normalized spacial score (nSPS) is 11.6. The minimum atomic E-state index is -4.42. The number of phenolic OH excluding ortho intramolecular Hbond substituents is 1. The van der Waals surface area contributed by atoms with Crippen LogP contribution in [0.25, 0.3) is 11.3 Å². The molecule has 1 aromatic carbocycles. The third-order valence-electron chi connectivity index (χ3n) is 2.66. The van der Waals surface area contributed by atoms with Gasteiger partial charge in [-0.05, 0) is 29.8 Å². The molecule has 0 aliphatic rings. The van der Waals surface area contributed by atoms with Gasteiger partial charge in [0, 0.05) is 18.3 Å². The molecular formula is C13H11F3N2O. The lowest BCUT2D eigenvalue weighted by Crippen LogP contribution is -2.05. The zero-order chi connectivity index (χ0) is 14.0. The van der Waals surface area contributed by atoms with Gasteiger partial charge in [-0.1, -0.05) is 6.07 Å². The van der Waals surface area contributed by atoms with E-state index in [1.807, 2.05) is 0 Å². The molecule has 0 aliphatic heterocycles. The van der Waals surface area contributed by atoms with E-state index in [1.54, 1.807) is 12.1 Å². The minimum Gasteiger partial charge on any atom is -0.507 e. The summed E-state index contributed by atoms with van der Waals surface area (Å²) in [4.78, 5) is 3.73. The van der Waals surface area contributed by atoms with E-state index < -0.39 is 11.7 Å². The molecule has 1 heterocycles. The molecule has 0 saturated heterocycles. The predicted molar refractivity (Wildman–Crippen MR) is 64.2 cm³/mol. The topological polar surface area (TPSA) is 59.1 Å². The van der Waals surface area contributed by atoms with Crippen LogP contribution in [-0.4, -0.2) is 10.1 Å². The summed E-state index contributed by atoms with van der Waals surface area (Å²) in [6.45, 7) is 0.272. The summed E-state index contributed by atoms with van der Waals surface area (Å²) in [5.41, 5.74) is 6.03. The number of hydrogen-bond donors (Lipinski definition) is 2. The molecule has 0 amide bonds. The van der Waals surface area contributed by atoms with Crippen LogP contribution >= 0.6 is 0 Å². The van der Waals surface area contributed by atoms with Crippen molar-refractivity contribution in [1.82, 2.24) is 4.98 Å². The van der Waals surface area contributed by atoms with Crippen molar-refractivity contribution in [3.05, 3.63) is 47.7 Å².